The lowest BCUT2D eigenvalue weighted by atomic mass is 9.80. The van der Waals surface area contributed by atoms with E-state index in [0.717, 1.165) is 12.1 Å². The van der Waals surface area contributed by atoms with Crippen molar-refractivity contribution in [3.05, 3.63) is 59.9 Å². The number of hydrogen-bond donors (Lipinski definition) is 1. The van der Waals surface area contributed by atoms with Crippen LogP contribution in [0.2, 0.25) is 0 Å². The van der Waals surface area contributed by atoms with Crippen molar-refractivity contribution in [3.63, 3.8) is 0 Å². The Hall–Kier alpha value is -2.94. The van der Waals surface area contributed by atoms with Gasteiger partial charge in [-0.2, -0.15) is 13.2 Å². The number of piperidine rings is 1. The molecule has 1 N–H and O–H groups in total. The second-order valence-corrected chi connectivity index (χ2v) is 8.42. The zero-order chi connectivity index (χ0) is 22.9. The van der Waals surface area contributed by atoms with E-state index in [9.17, 15) is 22.8 Å². The highest BCUT2D eigenvalue weighted by molar-refractivity contribution is 5.95. The van der Waals surface area contributed by atoms with Crippen LogP contribution in [0.5, 0.6) is 0 Å². The third-order valence-corrected chi connectivity index (χ3v) is 6.37. The molecule has 3 heterocycles. The zero-order valence-corrected chi connectivity index (χ0v) is 17.6. The van der Waals surface area contributed by atoms with Gasteiger partial charge in [-0.25, -0.2) is 0 Å². The van der Waals surface area contributed by atoms with Crippen LogP contribution in [0.3, 0.4) is 0 Å². The normalized spacial score (nSPS) is 25.7. The summed E-state index contributed by atoms with van der Waals surface area (Å²) < 4.78 is 44.5. The summed E-state index contributed by atoms with van der Waals surface area (Å²) >= 11 is 0. The minimum atomic E-state index is -4.44. The summed E-state index contributed by atoms with van der Waals surface area (Å²) in [7, 11) is 0. The third-order valence-electron chi connectivity index (χ3n) is 6.37. The first-order valence-electron chi connectivity index (χ1n) is 10.5. The summed E-state index contributed by atoms with van der Waals surface area (Å²) in [6.07, 6.45) is 0.0409. The quantitative estimate of drug-likeness (QED) is 0.768. The molecule has 0 aliphatic carbocycles. The van der Waals surface area contributed by atoms with Crippen LogP contribution in [-0.2, 0) is 15.7 Å². The number of pyridine rings is 1. The van der Waals surface area contributed by atoms with Gasteiger partial charge in [-0.15, -0.1) is 0 Å². The maximum atomic E-state index is 12.8. The van der Waals surface area contributed by atoms with Gasteiger partial charge in [-0.05, 0) is 55.7 Å². The monoisotopic (exact) mass is 447 g/mol. The van der Waals surface area contributed by atoms with Gasteiger partial charge >= 0.3 is 6.18 Å². The molecule has 2 fully saturated rings. The fraction of sp³-hybridized carbons (Fsp3) is 0.435. The van der Waals surface area contributed by atoms with E-state index < -0.39 is 23.4 Å². The van der Waals surface area contributed by atoms with Crippen LogP contribution < -0.4 is 5.32 Å². The standard InChI is InChI=1S/C23H24F3N3O3/c1-15-14-29(21(31)16-4-6-17(7-5-16)23(24,25)26)12-10-22(15)9-8-19(32-22)20(30)28-18-3-2-11-27-13-18/h2-7,11,13,15,19H,8-10,12,14H2,1H3,(H,28,30)/t15-,19-,22+/m0/s1. The summed E-state index contributed by atoms with van der Waals surface area (Å²) in [6.45, 7) is 2.81. The number of halogens is 3. The number of alkyl halides is 3. The SMILES string of the molecule is C[C@H]1CN(C(=O)c2ccc(C(F)(F)F)cc2)CC[C@]12CC[C@@H](C(=O)Nc1cccnc1)O2. The number of aromatic nitrogens is 1. The van der Waals surface area contributed by atoms with Gasteiger partial charge in [0.2, 0.25) is 0 Å². The molecule has 2 amide bonds. The number of rotatable bonds is 3. The van der Waals surface area contributed by atoms with Crippen molar-refractivity contribution < 1.29 is 27.5 Å². The van der Waals surface area contributed by atoms with Gasteiger partial charge < -0.3 is 15.0 Å². The van der Waals surface area contributed by atoms with Crippen LogP contribution in [0.1, 0.15) is 42.1 Å². The van der Waals surface area contributed by atoms with Crippen molar-refractivity contribution in [2.75, 3.05) is 18.4 Å². The Morgan fingerprint density at radius 3 is 2.56 bits per heavy atom. The third kappa shape index (κ3) is 4.48. The fourth-order valence-corrected chi connectivity index (χ4v) is 4.49. The van der Waals surface area contributed by atoms with Crippen molar-refractivity contribution in [2.45, 2.75) is 44.1 Å². The minimum Gasteiger partial charge on any atom is -0.362 e. The number of likely N-dealkylation sites (tertiary alicyclic amines) is 1. The second kappa shape index (κ2) is 8.54. The fourth-order valence-electron chi connectivity index (χ4n) is 4.49. The molecular weight excluding hydrogens is 423 g/mol. The lowest BCUT2D eigenvalue weighted by Gasteiger charge is -2.44. The van der Waals surface area contributed by atoms with E-state index in [1.165, 1.54) is 12.1 Å². The molecule has 32 heavy (non-hydrogen) atoms. The van der Waals surface area contributed by atoms with E-state index in [1.54, 1.807) is 29.4 Å². The van der Waals surface area contributed by atoms with Gasteiger partial charge in [-0.1, -0.05) is 6.92 Å². The maximum Gasteiger partial charge on any atom is 0.416 e. The van der Waals surface area contributed by atoms with Gasteiger partial charge in [0.05, 0.1) is 23.0 Å². The second-order valence-electron chi connectivity index (χ2n) is 8.42. The summed E-state index contributed by atoms with van der Waals surface area (Å²) in [6, 6.07) is 7.76. The van der Waals surface area contributed by atoms with Crippen LogP contribution >= 0.6 is 0 Å². The van der Waals surface area contributed by atoms with E-state index >= 15 is 0 Å². The first kappa shape index (κ1) is 22.3. The van der Waals surface area contributed by atoms with Gasteiger partial charge in [0, 0.05) is 30.8 Å². The molecule has 6 nitrogen and oxygen atoms in total. The minimum absolute atomic E-state index is 0.0224. The highest BCUT2D eigenvalue weighted by Gasteiger charge is 2.49. The maximum absolute atomic E-state index is 12.8. The number of nitrogens with zero attached hydrogens (tertiary/aromatic N) is 2. The molecule has 2 aliphatic heterocycles. The van der Waals surface area contributed by atoms with Crippen molar-refractivity contribution >= 4 is 17.5 Å². The van der Waals surface area contributed by atoms with Crippen molar-refractivity contribution in [1.29, 1.82) is 0 Å². The van der Waals surface area contributed by atoms with Gasteiger partial charge in [-0.3, -0.25) is 14.6 Å². The highest BCUT2D eigenvalue weighted by atomic mass is 19.4. The summed E-state index contributed by atoms with van der Waals surface area (Å²) in [5.41, 5.74) is -0.447. The summed E-state index contributed by atoms with van der Waals surface area (Å²) in [4.78, 5) is 31.0. The number of hydrogen-bond acceptors (Lipinski definition) is 4. The smallest absolute Gasteiger partial charge is 0.362 e. The van der Waals surface area contributed by atoms with E-state index in [0.29, 0.717) is 38.0 Å². The van der Waals surface area contributed by atoms with Gasteiger partial charge in [0.25, 0.3) is 11.8 Å². The topological polar surface area (TPSA) is 71.5 Å². The molecule has 0 saturated carbocycles. The van der Waals surface area contributed by atoms with Gasteiger partial charge in [0.15, 0.2) is 0 Å². The number of ether oxygens (including phenoxy) is 1. The Morgan fingerprint density at radius 1 is 1.19 bits per heavy atom. The summed E-state index contributed by atoms with van der Waals surface area (Å²) in [5, 5.41) is 2.81. The molecular formula is C23H24F3N3O3. The average molecular weight is 447 g/mol. The molecule has 0 radical (unpaired) electrons. The Labute approximate surface area is 183 Å². The largest absolute Gasteiger partial charge is 0.416 e. The van der Waals surface area contributed by atoms with Crippen molar-refractivity contribution in [3.8, 4) is 0 Å². The van der Waals surface area contributed by atoms with E-state index in [4.69, 9.17) is 4.74 Å². The highest BCUT2D eigenvalue weighted by Crippen LogP contribution is 2.43. The number of nitrogens with one attached hydrogen (secondary N) is 1. The van der Waals surface area contributed by atoms with Crippen LogP contribution in [0.4, 0.5) is 18.9 Å². The number of carbonyl (C=O) groups excluding carboxylic acids is 2. The number of amides is 2. The Bertz CT molecular complexity index is 981. The number of benzene rings is 1. The van der Waals surface area contributed by atoms with Crippen molar-refractivity contribution in [1.82, 2.24) is 9.88 Å². The number of anilines is 1. The van der Waals surface area contributed by atoms with Gasteiger partial charge in [0.1, 0.15) is 6.10 Å². The van der Waals surface area contributed by atoms with Crippen molar-refractivity contribution in [2.24, 2.45) is 5.92 Å². The molecule has 0 unspecified atom stereocenters. The molecule has 1 aromatic carbocycles. The molecule has 3 atom stereocenters. The zero-order valence-electron chi connectivity index (χ0n) is 17.6. The lowest BCUT2D eigenvalue weighted by molar-refractivity contribution is -0.141. The lowest BCUT2D eigenvalue weighted by Crippen LogP contribution is -2.52. The van der Waals surface area contributed by atoms with E-state index in [-0.39, 0.29) is 23.3 Å². The number of carbonyl (C=O) groups is 2. The molecule has 2 aromatic rings. The predicted molar refractivity (Wildman–Crippen MR) is 111 cm³/mol. The Balaban J connectivity index is 1.37. The molecule has 0 bridgehead atoms. The molecule has 2 saturated heterocycles. The first-order valence-corrected chi connectivity index (χ1v) is 10.5. The van der Waals surface area contributed by atoms with Crippen LogP contribution in [0, 0.1) is 5.92 Å². The first-order chi connectivity index (χ1) is 15.2. The molecule has 1 aromatic heterocycles. The van der Waals surface area contributed by atoms with E-state index in [2.05, 4.69) is 10.3 Å². The molecule has 4 rings (SSSR count). The van der Waals surface area contributed by atoms with Crippen LogP contribution in [-0.4, -0.2) is 46.5 Å². The summed E-state index contributed by atoms with van der Waals surface area (Å²) in [5.74, 6) is -0.541. The molecule has 2 aliphatic rings. The predicted octanol–water partition coefficient (Wildman–Crippen LogP) is 4.14. The molecule has 1 spiro atoms. The average Bonchev–Trinajstić information content (AvgIpc) is 3.21. The molecule has 9 heteroatoms. The molecule has 170 valence electrons. The Kier molecular flexibility index (Phi) is 5.94. The Morgan fingerprint density at radius 2 is 1.94 bits per heavy atom. The van der Waals surface area contributed by atoms with Crippen LogP contribution in [0.15, 0.2) is 48.8 Å². The van der Waals surface area contributed by atoms with E-state index in [1.807, 2.05) is 6.92 Å². The van der Waals surface area contributed by atoms with Crippen LogP contribution in [0.25, 0.3) is 0 Å².